The molecule has 178 valence electrons. The lowest BCUT2D eigenvalue weighted by Gasteiger charge is -2.27. The number of amides is 1. The van der Waals surface area contributed by atoms with Crippen molar-refractivity contribution in [3.8, 4) is 0 Å². The molecule has 0 radical (unpaired) electrons. The van der Waals surface area contributed by atoms with Crippen molar-refractivity contribution >= 4 is 62.7 Å². The van der Waals surface area contributed by atoms with Crippen molar-refractivity contribution in [3.63, 3.8) is 0 Å². The van der Waals surface area contributed by atoms with Crippen LogP contribution < -0.4 is 10.0 Å². The summed E-state index contributed by atoms with van der Waals surface area (Å²) in [6.07, 6.45) is 2.72. The van der Waals surface area contributed by atoms with E-state index in [1.54, 1.807) is 36.0 Å². The minimum absolute atomic E-state index is 0.0741. The fraction of sp³-hybridized carbons (Fsp3) is 0.350. The summed E-state index contributed by atoms with van der Waals surface area (Å²) in [5.41, 5.74) is 1.24. The number of ether oxygens (including phenoxy) is 1. The highest BCUT2D eigenvalue weighted by atomic mass is 35.5. The quantitative estimate of drug-likeness (QED) is 0.501. The Kier molecular flexibility index (Phi) is 8.96. The summed E-state index contributed by atoms with van der Waals surface area (Å²) in [6.45, 7) is 0.765. The molecule has 1 fully saturated rings. The molecular weight excluding hydrogens is 511 g/mol. The van der Waals surface area contributed by atoms with Crippen LogP contribution in [0.3, 0.4) is 0 Å². The van der Waals surface area contributed by atoms with Crippen LogP contribution in [0.1, 0.15) is 15.9 Å². The number of carbonyl (C=O) groups is 2. The lowest BCUT2D eigenvalue weighted by atomic mass is 10.1. The summed E-state index contributed by atoms with van der Waals surface area (Å²) in [6, 6.07) is 5.51. The fourth-order valence-electron chi connectivity index (χ4n) is 3.14. The zero-order valence-electron chi connectivity index (χ0n) is 17.6. The second kappa shape index (κ2) is 11.5. The Morgan fingerprint density at radius 3 is 2.33 bits per heavy atom. The van der Waals surface area contributed by atoms with Crippen LogP contribution >= 0.6 is 35.0 Å². The van der Waals surface area contributed by atoms with Gasteiger partial charge in [-0.25, -0.2) is 0 Å². The summed E-state index contributed by atoms with van der Waals surface area (Å²) in [5, 5.41) is 2.93. The van der Waals surface area contributed by atoms with Crippen LogP contribution in [0.25, 0.3) is 0 Å². The van der Waals surface area contributed by atoms with E-state index >= 15 is 0 Å². The average Bonchev–Trinajstić information content (AvgIpc) is 2.79. The molecule has 0 spiro atoms. The maximum absolute atomic E-state index is 12.7. The van der Waals surface area contributed by atoms with Gasteiger partial charge in [0.25, 0.3) is 16.1 Å². The number of nitrogens with one attached hydrogen (secondary N) is 2. The lowest BCUT2D eigenvalue weighted by Crippen LogP contribution is -2.51. The van der Waals surface area contributed by atoms with E-state index in [0.29, 0.717) is 35.8 Å². The standard InChI is InChI=1S/C20H22Cl2N4O5S2/c1-31-20(28)17(25-33(29,30)26-6-8-32-9-7-26)10-13-2-4-14(5-3-13)24-19(27)18-15(21)11-23-12-16(18)22/h2-5,11-12,17,25H,6-10H2,1H3,(H,24,27)/t17-/m0/s1. The molecular formula is C20H22Cl2N4O5S2. The summed E-state index contributed by atoms with van der Waals surface area (Å²) in [5.74, 6) is 0.212. The van der Waals surface area contributed by atoms with Crippen molar-refractivity contribution in [3.05, 3.63) is 57.8 Å². The molecule has 0 unspecified atom stereocenters. The minimum atomic E-state index is -3.84. The molecule has 0 aliphatic carbocycles. The van der Waals surface area contributed by atoms with Crippen molar-refractivity contribution in [2.45, 2.75) is 12.5 Å². The molecule has 3 rings (SSSR count). The molecule has 2 N–H and O–H groups in total. The van der Waals surface area contributed by atoms with Gasteiger partial charge in [0.05, 0.1) is 22.7 Å². The second-order valence-corrected chi connectivity index (χ2v) is 10.8. The normalized spacial score (nSPS) is 15.6. The highest BCUT2D eigenvalue weighted by molar-refractivity contribution is 7.99. The minimum Gasteiger partial charge on any atom is -0.468 e. The van der Waals surface area contributed by atoms with E-state index in [2.05, 4.69) is 15.0 Å². The molecule has 13 heteroatoms. The Balaban J connectivity index is 1.69. The van der Waals surface area contributed by atoms with E-state index in [1.807, 2.05) is 0 Å². The Bertz CT molecular complexity index is 1090. The van der Waals surface area contributed by atoms with Crippen molar-refractivity contribution in [2.75, 3.05) is 37.0 Å². The molecule has 0 bridgehead atoms. The molecule has 9 nitrogen and oxygen atoms in total. The molecule has 1 amide bonds. The van der Waals surface area contributed by atoms with Gasteiger partial charge in [-0.15, -0.1) is 0 Å². The lowest BCUT2D eigenvalue weighted by molar-refractivity contribution is -0.142. The van der Waals surface area contributed by atoms with Gasteiger partial charge in [0.2, 0.25) is 0 Å². The first kappa shape index (κ1) is 25.7. The third kappa shape index (κ3) is 6.81. The predicted octanol–water partition coefficient (Wildman–Crippen LogP) is 2.61. The van der Waals surface area contributed by atoms with Crippen LogP contribution in [0, 0.1) is 0 Å². The number of benzene rings is 1. The number of hydrogen-bond donors (Lipinski definition) is 2. The van der Waals surface area contributed by atoms with Gasteiger partial charge in [0.15, 0.2) is 0 Å². The van der Waals surface area contributed by atoms with Crippen LogP contribution in [0.4, 0.5) is 5.69 Å². The first-order chi connectivity index (χ1) is 15.7. The third-order valence-electron chi connectivity index (χ3n) is 4.82. The molecule has 1 aromatic heterocycles. The van der Waals surface area contributed by atoms with Gasteiger partial charge in [-0.3, -0.25) is 14.6 Å². The Hall–Kier alpha value is -1.89. The summed E-state index contributed by atoms with van der Waals surface area (Å²) in [4.78, 5) is 28.6. The van der Waals surface area contributed by atoms with Gasteiger partial charge in [-0.1, -0.05) is 35.3 Å². The van der Waals surface area contributed by atoms with Crippen molar-refractivity contribution in [2.24, 2.45) is 0 Å². The van der Waals surface area contributed by atoms with Crippen molar-refractivity contribution in [1.82, 2.24) is 14.0 Å². The van der Waals surface area contributed by atoms with E-state index in [-0.39, 0.29) is 22.0 Å². The topological polar surface area (TPSA) is 118 Å². The number of thioether (sulfide) groups is 1. The largest absolute Gasteiger partial charge is 0.468 e. The number of rotatable bonds is 8. The Morgan fingerprint density at radius 1 is 1.15 bits per heavy atom. The van der Waals surface area contributed by atoms with Crippen molar-refractivity contribution < 1.29 is 22.7 Å². The number of methoxy groups -OCH3 is 1. The Morgan fingerprint density at radius 2 is 1.76 bits per heavy atom. The molecule has 1 aliphatic rings. The van der Waals surface area contributed by atoms with Gasteiger partial charge >= 0.3 is 5.97 Å². The SMILES string of the molecule is COC(=O)[C@H](Cc1ccc(NC(=O)c2c(Cl)cncc2Cl)cc1)NS(=O)(=O)N1CCSCC1. The summed E-state index contributed by atoms with van der Waals surface area (Å²) >= 11 is 13.7. The number of hydrogen-bond acceptors (Lipinski definition) is 7. The van der Waals surface area contributed by atoms with E-state index in [0.717, 1.165) is 0 Å². The number of esters is 1. The molecule has 1 aromatic carbocycles. The molecule has 1 atom stereocenters. The van der Waals surface area contributed by atoms with Gasteiger partial charge in [-0.05, 0) is 24.1 Å². The maximum atomic E-state index is 12.7. The number of aromatic nitrogens is 1. The number of pyridine rings is 1. The number of halogens is 2. The average molecular weight is 533 g/mol. The van der Waals surface area contributed by atoms with E-state index in [1.165, 1.54) is 23.8 Å². The number of nitrogens with zero attached hydrogens (tertiary/aromatic N) is 2. The van der Waals surface area contributed by atoms with Gasteiger partial charge in [0, 0.05) is 42.7 Å². The smallest absolute Gasteiger partial charge is 0.324 e. The van der Waals surface area contributed by atoms with Crippen LogP contribution in [-0.4, -0.2) is 67.3 Å². The zero-order valence-corrected chi connectivity index (χ0v) is 20.7. The van der Waals surface area contributed by atoms with Crippen molar-refractivity contribution in [1.29, 1.82) is 0 Å². The first-order valence-corrected chi connectivity index (χ1v) is 13.2. The van der Waals surface area contributed by atoms with Gasteiger partial charge in [0.1, 0.15) is 6.04 Å². The van der Waals surface area contributed by atoms with E-state index < -0.39 is 28.1 Å². The van der Waals surface area contributed by atoms with Crippen LogP contribution in [0.15, 0.2) is 36.7 Å². The van der Waals surface area contributed by atoms with Crippen LogP contribution in [-0.2, 0) is 26.2 Å². The van der Waals surface area contributed by atoms with Gasteiger partial charge in [-0.2, -0.15) is 29.2 Å². The molecule has 1 saturated heterocycles. The monoisotopic (exact) mass is 532 g/mol. The fourth-order valence-corrected chi connectivity index (χ4v) is 6.16. The van der Waals surface area contributed by atoms with Crippen LogP contribution in [0.5, 0.6) is 0 Å². The zero-order chi connectivity index (χ0) is 24.0. The molecule has 33 heavy (non-hydrogen) atoms. The Labute approximate surface area is 206 Å². The number of anilines is 1. The first-order valence-electron chi connectivity index (χ1n) is 9.83. The molecule has 0 saturated carbocycles. The highest BCUT2D eigenvalue weighted by Crippen LogP contribution is 2.24. The van der Waals surface area contributed by atoms with E-state index in [4.69, 9.17) is 27.9 Å². The van der Waals surface area contributed by atoms with Gasteiger partial charge < -0.3 is 10.1 Å². The molecule has 2 aromatic rings. The van der Waals surface area contributed by atoms with Crippen LogP contribution in [0.2, 0.25) is 10.0 Å². The number of carbonyl (C=O) groups excluding carboxylic acids is 2. The third-order valence-corrected chi connectivity index (χ3v) is 7.96. The summed E-state index contributed by atoms with van der Waals surface area (Å²) in [7, 11) is -2.64. The summed E-state index contributed by atoms with van der Waals surface area (Å²) < 4.78 is 34.0. The molecule has 2 heterocycles. The predicted molar refractivity (Wildman–Crippen MR) is 129 cm³/mol. The van der Waals surface area contributed by atoms with E-state index in [9.17, 15) is 18.0 Å². The highest BCUT2D eigenvalue weighted by Gasteiger charge is 2.31. The molecule has 1 aliphatic heterocycles. The maximum Gasteiger partial charge on any atom is 0.324 e. The second-order valence-electron chi connectivity index (χ2n) is 7.04.